The van der Waals surface area contributed by atoms with E-state index >= 15 is 0 Å². The van der Waals surface area contributed by atoms with E-state index in [4.69, 9.17) is 16.0 Å². The maximum absolute atomic E-state index is 13.3. The molecule has 0 radical (unpaired) electrons. The Hall–Kier alpha value is -6.19. The first kappa shape index (κ1) is 31.5. The number of halogens is 1. The number of hydrogen-bond donors (Lipinski definition) is 1. The first-order chi connectivity index (χ1) is 26.1. The molecular formula is C50H33ClO2. The van der Waals surface area contributed by atoms with Gasteiger partial charge in [-0.2, -0.15) is 0 Å². The fraction of sp³-hybridized carbons (Fsp3) is 0.0400. The van der Waals surface area contributed by atoms with Crippen molar-refractivity contribution in [2.75, 3.05) is 0 Å². The van der Waals surface area contributed by atoms with Gasteiger partial charge in [-0.1, -0.05) is 181 Å². The summed E-state index contributed by atoms with van der Waals surface area (Å²) in [5.74, 6) is 0. The van der Waals surface area contributed by atoms with Gasteiger partial charge in [-0.3, -0.25) is 0 Å². The molecule has 2 nitrogen and oxygen atoms in total. The fourth-order valence-corrected chi connectivity index (χ4v) is 9.07. The first-order valence-corrected chi connectivity index (χ1v) is 18.3. The first-order valence-electron chi connectivity index (χ1n) is 17.9. The van der Waals surface area contributed by atoms with E-state index in [2.05, 4.69) is 97.1 Å². The summed E-state index contributed by atoms with van der Waals surface area (Å²) in [6.07, 6.45) is 0. The molecule has 0 saturated heterocycles. The number of aliphatic hydroxyl groups is 1. The van der Waals surface area contributed by atoms with Crippen LogP contribution >= 0.6 is 11.6 Å². The Morgan fingerprint density at radius 2 is 1.04 bits per heavy atom. The molecule has 0 amide bonds. The van der Waals surface area contributed by atoms with Crippen LogP contribution in [0, 0.1) is 0 Å². The SMILES string of the molecule is OC(c1ccccc1)(c1ccccc1)c1ccccc1-c1cc2c(c3c1oc1ccccc13)-c1ccc(Cl)cc1C2(c1ccccc1)c1ccccc1. The summed E-state index contributed by atoms with van der Waals surface area (Å²) in [5.41, 5.74) is 10.3. The molecular weight excluding hydrogens is 668 g/mol. The second-order valence-electron chi connectivity index (χ2n) is 13.8. The van der Waals surface area contributed by atoms with Gasteiger partial charge in [0.1, 0.15) is 16.8 Å². The Labute approximate surface area is 313 Å². The van der Waals surface area contributed by atoms with E-state index in [9.17, 15) is 5.11 Å². The van der Waals surface area contributed by atoms with Gasteiger partial charge in [-0.25, -0.2) is 0 Å². The van der Waals surface area contributed by atoms with E-state index in [1.54, 1.807) is 0 Å². The van der Waals surface area contributed by atoms with E-state index in [0.717, 1.165) is 83.1 Å². The zero-order valence-electron chi connectivity index (χ0n) is 28.7. The quantitative estimate of drug-likeness (QED) is 0.175. The monoisotopic (exact) mass is 700 g/mol. The van der Waals surface area contributed by atoms with Gasteiger partial charge in [0.25, 0.3) is 0 Å². The molecule has 0 fully saturated rings. The lowest BCUT2D eigenvalue weighted by molar-refractivity contribution is 0.126. The van der Waals surface area contributed by atoms with E-state index in [-0.39, 0.29) is 0 Å². The van der Waals surface area contributed by atoms with Gasteiger partial charge in [0.2, 0.25) is 0 Å². The molecule has 0 spiro atoms. The zero-order chi connectivity index (χ0) is 35.6. The van der Waals surface area contributed by atoms with Gasteiger partial charge in [0.15, 0.2) is 0 Å². The lowest BCUT2D eigenvalue weighted by Crippen LogP contribution is -2.30. The molecule has 0 bridgehead atoms. The van der Waals surface area contributed by atoms with Crippen LogP contribution in [0.25, 0.3) is 44.2 Å². The summed E-state index contributed by atoms with van der Waals surface area (Å²) in [4.78, 5) is 0. The summed E-state index contributed by atoms with van der Waals surface area (Å²) in [7, 11) is 0. The van der Waals surface area contributed by atoms with Gasteiger partial charge >= 0.3 is 0 Å². The second-order valence-corrected chi connectivity index (χ2v) is 14.2. The molecule has 0 unspecified atom stereocenters. The summed E-state index contributed by atoms with van der Waals surface area (Å²) < 4.78 is 6.95. The maximum atomic E-state index is 13.3. The van der Waals surface area contributed by atoms with Crippen LogP contribution in [0.2, 0.25) is 5.02 Å². The Morgan fingerprint density at radius 1 is 0.491 bits per heavy atom. The third-order valence-corrected chi connectivity index (χ3v) is 11.3. The Bertz CT molecular complexity index is 2710. The number of fused-ring (bicyclic) bond motifs is 7. The van der Waals surface area contributed by atoms with E-state index in [1.165, 1.54) is 0 Å². The molecule has 1 aliphatic rings. The molecule has 9 aromatic rings. The van der Waals surface area contributed by atoms with Crippen molar-refractivity contribution in [2.45, 2.75) is 11.0 Å². The van der Waals surface area contributed by atoms with Crippen LogP contribution in [0.3, 0.4) is 0 Å². The minimum absolute atomic E-state index is 0.683. The van der Waals surface area contributed by atoms with Gasteiger partial charge < -0.3 is 9.52 Å². The molecule has 0 atom stereocenters. The average Bonchev–Trinajstić information content (AvgIpc) is 3.75. The van der Waals surface area contributed by atoms with Gasteiger partial charge in [0.05, 0.1) is 5.41 Å². The van der Waals surface area contributed by atoms with Crippen molar-refractivity contribution in [1.29, 1.82) is 0 Å². The van der Waals surface area contributed by atoms with Gasteiger partial charge in [-0.05, 0) is 74.3 Å². The number of para-hydroxylation sites is 1. The molecule has 53 heavy (non-hydrogen) atoms. The van der Waals surface area contributed by atoms with Crippen molar-refractivity contribution >= 4 is 33.5 Å². The largest absolute Gasteiger partial charge is 0.455 e. The summed E-state index contributed by atoms with van der Waals surface area (Å²) in [5, 5.41) is 16.0. The van der Waals surface area contributed by atoms with Crippen LogP contribution < -0.4 is 0 Å². The molecule has 0 aliphatic heterocycles. The molecule has 3 heteroatoms. The molecule has 1 aromatic heterocycles. The molecule has 1 heterocycles. The van der Waals surface area contributed by atoms with E-state index in [0.29, 0.717) is 5.02 Å². The summed E-state index contributed by atoms with van der Waals surface area (Å²) in [6.45, 7) is 0. The summed E-state index contributed by atoms with van der Waals surface area (Å²) >= 11 is 6.93. The van der Waals surface area contributed by atoms with Crippen molar-refractivity contribution in [1.82, 2.24) is 0 Å². The third kappa shape index (κ3) is 4.56. The molecule has 1 aliphatic carbocycles. The fourth-order valence-electron chi connectivity index (χ4n) is 8.90. The van der Waals surface area contributed by atoms with Crippen molar-refractivity contribution in [3.63, 3.8) is 0 Å². The lowest BCUT2D eigenvalue weighted by atomic mass is 9.67. The minimum Gasteiger partial charge on any atom is -0.455 e. The van der Waals surface area contributed by atoms with E-state index < -0.39 is 11.0 Å². The van der Waals surface area contributed by atoms with Crippen molar-refractivity contribution in [3.05, 3.63) is 238 Å². The predicted molar refractivity (Wildman–Crippen MR) is 216 cm³/mol. The van der Waals surface area contributed by atoms with Crippen LogP contribution in [0.15, 0.2) is 199 Å². The molecule has 0 saturated carbocycles. The Kier molecular flexibility index (Phi) is 7.26. The normalized spacial score (nSPS) is 13.2. The highest BCUT2D eigenvalue weighted by Gasteiger charge is 2.48. The Balaban J connectivity index is 1.40. The topological polar surface area (TPSA) is 33.4 Å². The maximum Gasteiger partial charge on any atom is 0.143 e. The van der Waals surface area contributed by atoms with Crippen molar-refractivity contribution < 1.29 is 9.52 Å². The highest BCUT2D eigenvalue weighted by molar-refractivity contribution is 6.31. The highest BCUT2D eigenvalue weighted by atomic mass is 35.5. The van der Waals surface area contributed by atoms with Crippen LogP contribution in [0.1, 0.15) is 38.9 Å². The van der Waals surface area contributed by atoms with Crippen molar-refractivity contribution in [2.24, 2.45) is 0 Å². The molecule has 252 valence electrons. The van der Waals surface area contributed by atoms with Gasteiger partial charge in [-0.15, -0.1) is 0 Å². The van der Waals surface area contributed by atoms with Crippen LogP contribution in [0.4, 0.5) is 0 Å². The highest BCUT2D eigenvalue weighted by Crippen LogP contribution is 2.61. The number of furan rings is 1. The number of rotatable bonds is 6. The molecule has 10 rings (SSSR count). The van der Waals surface area contributed by atoms with Gasteiger partial charge in [0, 0.05) is 26.9 Å². The standard InChI is InChI=1S/C50H33ClO2/c51-37-29-30-39-43(31-37)49(33-17-5-1-6-18-33,34-19-7-2-8-20-34)44-32-41(48-47(46(39)44)40-26-14-16-28-45(40)53-48)38-25-13-15-27-42(38)50(52,35-21-9-3-10-22-35)36-23-11-4-12-24-36/h1-32,52H. The smallest absolute Gasteiger partial charge is 0.143 e. The molecule has 8 aromatic carbocycles. The Morgan fingerprint density at radius 3 is 1.68 bits per heavy atom. The third-order valence-electron chi connectivity index (χ3n) is 11.1. The predicted octanol–water partition coefficient (Wildman–Crippen LogP) is 12.6. The van der Waals surface area contributed by atoms with Crippen LogP contribution in [-0.4, -0.2) is 5.11 Å². The van der Waals surface area contributed by atoms with Crippen LogP contribution in [0.5, 0.6) is 0 Å². The number of benzene rings is 8. The lowest BCUT2D eigenvalue weighted by Gasteiger charge is -2.35. The summed E-state index contributed by atoms with van der Waals surface area (Å²) in [6, 6.07) is 66.5. The van der Waals surface area contributed by atoms with Crippen LogP contribution in [-0.2, 0) is 11.0 Å². The minimum atomic E-state index is -1.47. The average molecular weight is 701 g/mol. The number of hydrogen-bond acceptors (Lipinski definition) is 2. The second kappa shape index (κ2) is 12.2. The van der Waals surface area contributed by atoms with Crippen molar-refractivity contribution in [3.8, 4) is 22.3 Å². The zero-order valence-corrected chi connectivity index (χ0v) is 29.5. The molecule has 1 N–H and O–H groups in total. The van der Waals surface area contributed by atoms with E-state index in [1.807, 2.05) is 97.1 Å².